The van der Waals surface area contributed by atoms with Crippen LogP contribution in [0.15, 0.2) is 47.3 Å². The number of benzene rings is 2. The van der Waals surface area contributed by atoms with Gasteiger partial charge in [0.25, 0.3) is 5.56 Å². The second-order valence-corrected chi connectivity index (χ2v) is 8.54. The Morgan fingerprint density at radius 2 is 1.84 bits per heavy atom. The third kappa shape index (κ3) is 3.00. The van der Waals surface area contributed by atoms with Crippen LogP contribution >= 0.6 is 0 Å². The van der Waals surface area contributed by atoms with Crippen LogP contribution in [0.2, 0.25) is 0 Å². The molecule has 1 fully saturated rings. The van der Waals surface area contributed by atoms with Crippen LogP contribution in [0.25, 0.3) is 10.9 Å². The number of hydrogen-bond acceptors (Lipinski definition) is 4. The summed E-state index contributed by atoms with van der Waals surface area (Å²) in [5.74, 6) is 0.344. The zero-order valence-corrected chi connectivity index (χ0v) is 17.7. The van der Waals surface area contributed by atoms with Gasteiger partial charge in [0.15, 0.2) is 0 Å². The van der Waals surface area contributed by atoms with E-state index >= 15 is 0 Å². The first kappa shape index (κ1) is 19.4. The van der Waals surface area contributed by atoms with E-state index in [1.54, 1.807) is 11.6 Å². The minimum absolute atomic E-state index is 0.0588. The van der Waals surface area contributed by atoms with E-state index in [9.17, 15) is 14.9 Å². The molecule has 1 atom stereocenters. The number of fused-ring (bicyclic) bond motifs is 2. The van der Waals surface area contributed by atoms with Gasteiger partial charge in [-0.3, -0.25) is 9.59 Å². The lowest BCUT2D eigenvalue weighted by molar-refractivity contribution is -0.116. The van der Waals surface area contributed by atoms with Gasteiger partial charge in [-0.15, -0.1) is 0 Å². The van der Waals surface area contributed by atoms with Gasteiger partial charge < -0.3 is 14.8 Å². The lowest BCUT2D eigenvalue weighted by atomic mass is 9.86. The largest absolute Gasteiger partial charge is 0.370 e. The summed E-state index contributed by atoms with van der Waals surface area (Å²) in [7, 11) is 1.72. The number of anilines is 2. The van der Waals surface area contributed by atoms with E-state index in [1.165, 1.54) is 5.56 Å². The Morgan fingerprint density at radius 3 is 2.58 bits per heavy atom. The molecule has 6 heteroatoms. The maximum Gasteiger partial charge on any atom is 0.270 e. The van der Waals surface area contributed by atoms with Crippen LogP contribution in [0.1, 0.15) is 48.3 Å². The topological polar surface area (TPSA) is 78.1 Å². The Labute approximate surface area is 180 Å². The summed E-state index contributed by atoms with van der Waals surface area (Å²) in [4.78, 5) is 27.0. The first-order chi connectivity index (χ1) is 15.0. The van der Waals surface area contributed by atoms with Crippen molar-refractivity contribution in [1.82, 2.24) is 4.57 Å². The summed E-state index contributed by atoms with van der Waals surface area (Å²) in [6, 6.07) is 16.2. The van der Waals surface area contributed by atoms with Crippen molar-refractivity contribution < 1.29 is 4.79 Å². The number of aryl methyl sites for hydroxylation is 1. The molecule has 156 valence electrons. The number of rotatable bonds is 2. The van der Waals surface area contributed by atoms with Crippen LogP contribution in [-0.4, -0.2) is 23.6 Å². The Bertz CT molecular complexity index is 1310. The molecule has 5 rings (SSSR count). The second-order valence-electron chi connectivity index (χ2n) is 8.54. The highest BCUT2D eigenvalue weighted by molar-refractivity contribution is 6.02. The zero-order valence-electron chi connectivity index (χ0n) is 17.7. The summed E-state index contributed by atoms with van der Waals surface area (Å²) < 4.78 is 1.56. The number of nitrogens with one attached hydrogen (secondary N) is 1. The van der Waals surface area contributed by atoms with Gasteiger partial charge >= 0.3 is 0 Å². The Hall–Kier alpha value is -3.59. The molecule has 6 nitrogen and oxygen atoms in total. The summed E-state index contributed by atoms with van der Waals surface area (Å²) >= 11 is 0. The lowest BCUT2D eigenvalue weighted by Crippen LogP contribution is -2.35. The molecule has 0 saturated carbocycles. The van der Waals surface area contributed by atoms with E-state index in [0.29, 0.717) is 5.92 Å². The number of amides is 1. The molecule has 3 aromatic rings. The molecule has 1 saturated heterocycles. The normalized spacial score (nSPS) is 18.7. The van der Waals surface area contributed by atoms with E-state index < -0.39 is 0 Å². The van der Waals surface area contributed by atoms with Gasteiger partial charge in [0.05, 0.1) is 17.1 Å². The first-order valence-electron chi connectivity index (χ1n) is 10.7. The summed E-state index contributed by atoms with van der Waals surface area (Å²) in [6.45, 7) is 3.50. The molecule has 1 amide bonds. The number of aromatic nitrogens is 1. The van der Waals surface area contributed by atoms with Gasteiger partial charge in [-0.05, 0) is 48.9 Å². The molecular weight excluding hydrogens is 388 g/mol. The molecule has 0 aliphatic carbocycles. The highest BCUT2D eigenvalue weighted by Gasteiger charge is 2.29. The van der Waals surface area contributed by atoms with Crippen LogP contribution < -0.4 is 15.8 Å². The number of nitriles is 1. The fourth-order valence-electron chi connectivity index (χ4n) is 5.03. The standard InChI is InChI=1S/C25H24N4O2/c1-15-19-13-17(7-8-21(19)27-24(15)30)16-9-11-29(12-10-16)23-18-5-3-4-6-22(18)28(2)25(31)20(23)14-26/h3-8,13,15-16H,9-12H2,1-2H3,(H,27,30). The third-order valence-corrected chi connectivity index (χ3v) is 6.86. The second kappa shape index (κ2) is 7.28. The smallest absolute Gasteiger partial charge is 0.270 e. The average molecular weight is 412 g/mol. The summed E-state index contributed by atoms with van der Waals surface area (Å²) in [5, 5.41) is 13.6. The van der Waals surface area contributed by atoms with Crippen molar-refractivity contribution >= 4 is 28.2 Å². The molecular formula is C25H24N4O2. The molecule has 1 aromatic heterocycles. The number of pyridine rings is 1. The van der Waals surface area contributed by atoms with Gasteiger partial charge in [-0.1, -0.05) is 30.3 Å². The molecule has 1 unspecified atom stereocenters. The minimum Gasteiger partial charge on any atom is -0.370 e. The van der Waals surface area contributed by atoms with E-state index in [4.69, 9.17) is 0 Å². The van der Waals surface area contributed by atoms with Gasteiger partial charge in [-0.2, -0.15) is 5.26 Å². The predicted octanol–water partition coefficient (Wildman–Crippen LogP) is 3.85. The first-order valence-corrected chi connectivity index (χ1v) is 10.7. The van der Waals surface area contributed by atoms with Crippen molar-refractivity contribution in [1.29, 1.82) is 5.26 Å². The van der Waals surface area contributed by atoms with Crippen molar-refractivity contribution in [3.05, 3.63) is 69.5 Å². The molecule has 2 aromatic carbocycles. The predicted molar refractivity (Wildman–Crippen MR) is 122 cm³/mol. The highest BCUT2D eigenvalue weighted by Crippen LogP contribution is 2.38. The molecule has 31 heavy (non-hydrogen) atoms. The lowest BCUT2D eigenvalue weighted by Gasteiger charge is -2.35. The summed E-state index contributed by atoms with van der Waals surface area (Å²) in [6.07, 6.45) is 1.87. The molecule has 1 N–H and O–H groups in total. The van der Waals surface area contributed by atoms with Gasteiger partial charge in [0.1, 0.15) is 11.6 Å². The maximum atomic E-state index is 12.8. The minimum atomic E-state index is -0.247. The highest BCUT2D eigenvalue weighted by atomic mass is 16.2. The molecule has 0 bridgehead atoms. The van der Waals surface area contributed by atoms with Crippen LogP contribution in [-0.2, 0) is 11.8 Å². The fourth-order valence-corrected chi connectivity index (χ4v) is 5.03. The molecule has 2 aliphatic rings. The number of para-hydroxylation sites is 1. The van der Waals surface area contributed by atoms with Gasteiger partial charge in [0, 0.05) is 31.2 Å². The van der Waals surface area contributed by atoms with Crippen molar-refractivity contribution in [2.45, 2.75) is 31.6 Å². The van der Waals surface area contributed by atoms with Crippen molar-refractivity contribution in [2.75, 3.05) is 23.3 Å². The van der Waals surface area contributed by atoms with Crippen LogP contribution in [0.3, 0.4) is 0 Å². The zero-order chi connectivity index (χ0) is 21.7. The monoisotopic (exact) mass is 412 g/mol. The third-order valence-electron chi connectivity index (χ3n) is 6.86. The van der Waals surface area contributed by atoms with Gasteiger partial charge in [0.2, 0.25) is 5.91 Å². The van der Waals surface area contributed by atoms with Crippen molar-refractivity contribution in [2.24, 2.45) is 7.05 Å². The Morgan fingerprint density at radius 1 is 1.10 bits per heavy atom. The number of hydrogen-bond donors (Lipinski definition) is 1. The van der Waals surface area contributed by atoms with Crippen molar-refractivity contribution in [3.63, 3.8) is 0 Å². The fraction of sp³-hybridized carbons (Fsp3) is 0.320. The summed E-state index contributed by atoms with van der Waals surface area (Å²) in [5.41, 5.74) is 4.83. The number of nitrogens with zero attached hydrogens (tertiary/aromatic N) is 3. The molecule has 0 spiro atoms. The maximum absolute atomic E-state index is 12.8. The number of carbonyl (C=O) groups is 1. The molecule has 3 heterocycles. The van der Waals surface area contributed by atoms with E-state index in [1.807, 2.05) is 37.3 Å². The van der Waals surface area contributed by atoms with Crippen molar-refractivity contribution in [3.8, 4) is 6.07 Å². The van der Waals surface area contributed by atoms with Crippen LogP contribution in [0, 0.1) is 11.3 Å². The van der Waals surface area contributed by atoms with E-state index in [-0.39, 0.29) is 22.9 Å². The van der Waals surface area contributed by atoms with E-state index in [0.717, 1.165) is 53.8 Å². The molecule has 0 radical (unpaired) electrons. The number of carbonyl (C=O) groups excluding carboxylic acids is 1. The van der Waals surface area contributed by atoms with E-state index in [2.05, 4.69) is 28.4 Å². The number of piperidine rings is 1. The SMILES string of the molecule is CC1C(=O)Nc2ccc(C3CCN(c4c(C#N)c(=O)n(C)c5ccccc45)CC3)cc21. The quantitative estimate of drug-likeness (QED) is 0.694. The van der Waals surface area contributed by atoms with Crippen LogP contribution in [0.5, 0.6) is 0 Å². The Kier molecular flexibility index (Phi) is 4.55. The van der Waals surface area contributed by atoms with Gasteiger partial charge in [-0.25, -0.2) is 0 Å². The van der Waals surface area contributed by atoms with Crippen LogP contribution in [0.4, 0.5) is 11.4 Å². The average Bonchev–Trinajstić information content (AvgIpc) is 3.09. The molecule has 2 aliphatic heterocycles. The Balaban J connectivity index is 1.45.